The molecule has 0 aromatic heterocycles. The lowest BCUT2D eigenvalue weighted by molar-refractivity contribution is 0.138. The molecule has 2 heteroatoms. The zero-order valence-corrected chi connectivity index (χ0v) is 13.9. The van der Waals surface area contributed by atoms with Crippen molar-refractivity contribution in [1.29, 1.82) is 0 Å². The second-order valence-electron chi connectivity index (χ2n) is 6.51. The molecule has 116 valence electrons. The van der Waals surface area contributed by atoms with Gasteiger partial charge < -0.3 is 4.74 Å². The van der Waals surface area contributed by atoms with Gasteiger partial charge in [0.1, 0.15) is 11.9 Å². The van der Waals surface area contributed by atoms with E-state index < -0.39 is 0 Å². The molecule has 1 aliphatic carbocycles. The maximum Gasteiger partial charge on any atom is 0.126 e. The minimum Gasteiger partial charge on any atom is -0.485 e. The maximum absolute atomic E-state index is 6.37. The van der Waals surface area contributed by atoms with Crippen LogP contribution >= 0.6 is 0 Å². The van der Waals surface area contributed by atoms with E-state index in [1.807, 2.05) is 6.07 Å². The third-order valence-electron chi connectivity index (χ3n) is 4.81. The summed E-state index contributed by atoms with van der Waals surface area (Å²) in [7, 11) is 2.21. The van der Waals surface area contributed by atoms with Crippen molar-refractivity contribution in [2.75, 3.05) is 7.05 Å². The first-order valence-corrected chi connectivity index (χ1v) is 8.11. The van der Waals surface area contributed by atoms with E-state index in [0.717, 1.165) is 12.2 Å². The van der Waals surface area contributed by atoms with E-state index in [1.54, 1.807) is 0 Å². The third-order valence-corrected chi connectivity index (χ3v) is 4.81. The molecule has 1 aliphatic rings. The summed E-state index contributed by atoms with van der Waals surface area (Å²) in [6.07, 6.45) is 1.16. The summed E-state index contributed by atoms with van der Waals surface area (Å²) >= 11 is 0. The Morgan fingerprint density at radius 1 is 1.00 bits per heavy atom. The lowest BCUT2D eigenvalue weighted by Crippen LogP contribution is -2.30. The van der Waals surface area contributed by atoms with Gasteiger partial charge in [-0.2, -0.15) is 0 Å². The predicted molar refractivity (Wildman–Crippen MR) is 91.2 cm³/mol. The Hall–Kier alpha value is -1.80. The maximum atomic E-state index is 6.37. The summed E-state index contributed by atoms with van der Waals surface area (Å²) in [4.78, 5) is 2.44. The first-order chi connectivity index (χ1) is 10.6. The molecule has 0 bridgehead atoms. The molecule has 22 heavy (non-hydrogen) atoms. The molecule has 0 saturated heterocycles. The van der Waals surface area contributed by atoms with Crippen molar-refractivity contribution in [3.63, 3.8) is 0 Å². The van der Waals surface area contributed by atoms with E-state index in [0.29, 0.717) is 12.1 Å². The highest BCUT2D eigenvalue weighted by molar-refractivity contribution is 5.39. The quantitative estimate of drug-likeness (QED) is 0.795. The van der Waals surface area contributed by atoms with Crippen molar-refractivity contribution in [2.24, 2.45) is 0 Å². The van der Waals surface area contributed by atoms with Crippen LogP contribution in [-0.4, -0.2) is 18.0 Å². The normalized spacial score (nSPS) is 20.5. The lowest BCUT2D eigenvalue weighted by atomic mass is 10.1. The summed E-state index contributed by atoms with van der Waals surface area (Å²) in [6, 6.07) is 17.9. The van der Waals surface area contributed by atoms with Crippen molar-refractivity contribution in [3.05, 3.63) is 65.2 Å². The van der Waals surface area contributed by atoms with Crippen molar-refractivity contribution in [2.45, 2.75) is 45.4 Å². The Labute approximate surface area is 133 Å². The zero-order valence-electron chi connectivity index (χ0n) is 13.9. The first-order valence-electron chi connectivity index (χ1n) is 8.11. The summed E-state index contributed by atoms with van der Waals surface area (Å²) in [5.41, 5.74) is 3.95. The highest BCUT2D eigenvalue weighted by Gasteiger charge is 2.35. The van der Waals surface area contributed by atoms with Gasteiger partial charge in [-0.1, -0.05) is 42.5 Å². The largest absolute Gasteiger partial charge is 0.485 e. The molecule has 0 aliphatic heterocycles. The number of hydrogen-bond donors (Lipinski definition) is 0. The Morgan fingerprint density at radius 2 is 1.64 bits per heavy atom. The molecule has 0 saturated carbocycles. The van der Waals surface area contributed by atoms with Gasteiger partial charge in [0.15, 0.2) is 0 Å². The topological polar surface area (TPSA) is 12.5 Å². The zero-order chi connectivity index (χ0) is 15.7. The molecule has 0 fully saturated rings. The molecule has 2 aromatic rings. The fourth-order valence-electron chi connectivity index (χ4n) is 3.26. The SMILES string of the molecule is Cc1ccccc1O[C@H]1C[C@@H](N(C)C(C)C)c2ccccc21. The molecule has 2 aromatic carbocycles. The fourth-order valence-corrected chi connectivity index (χ4v) is 3.26. The van der Waals surface area contributed by atoms with E-state index in [-0.39, 0.29) is 6.10 Å². The molecular weight excluding hydrogens is 270 g/mol. The minimum atomic E-state index is 0.142. The van der Waals surface area contributed by atoms with Gasteiger partial charge in [-0.25, -0.2) is 0 Å². The molecule has 2 nitrogen and oxygen atoms in total. The van der Waals surface area contributed by atoms with Crippen LogP contribution in [0.25, 0.3) is 0 Å². The van der Waals surface area contributed by atoms with Crippen LogP contribution in [0, 0.1) is 6.92 Å². The van der Waals surface area contributed by atoms with Crippen molar-refractivity contribution >= 4 is 0 Å². The third kappa shape index (κ3) is 2.76. The molecule has 0 N–H and O–H groups in total. The summed E-state index contributed by atoms with van der Waals surface area (Å²) in [6.45, 7) is 6.60. The van der Waals surface area contributed by atoms with Gasteiger partial charge in [0.2, 0.25) is 0 Å². The van der Waals surface area contributed by atoms with Crippen LogP contribution in [0.4, 0.5) is 0 Å². The van der Waals surface area contributed by atoms with E-state index in [2.05, 4.69) is 75.2 Å². The Balaban J connectivity index is 1.90. The molecule has 0 spiro atoms. The molecular formula is C20H25NO. The number of hydrogen-bond acceptors (Lipinski definition) is 2. The molecule has 0 radical (unpaired) electrons. The Morgan fingerprint density at radius 3 is 2.32 bits per heavy atom. The van der Waals surface area contributed by atoms with Crippen LogP contribution in [0.5, 0.6) is 5.75 Å². The van der Waals surface area contributed by atoms with Gasteiger partial charge in [0.25, 0.3) is 0 Å². The average Bonchev–Trinajstić information content (AvgIpc) is 2.88. The standard InChI is InChI=1S/C20H25NO/c1-14(2)21(4)18-13-20(17-11-7-6-10-16(17)18)22-19-12-8-5-9-15(19)3/h5-12,14,18,20H,13H2,1-4H3/t18-,20+/m1/s1. The highest BCUT2D eigenvalue weighted by Crippen LogP contribution is 2.44. The average molecular weight is 295 g/mol. The van der Waals surface area contributed by atoms with Crippen molar-refractivity contribution in [3.8, 4) is 5.75 Å². The summed E-state index contributed by atoms with van der Waals surface area (Å²) in [5, 5.41) is 0. The molecule has 0 unspecified atom stereocenters. The summed E-state index contributed by atoms with van der Waals surface area (Å²) < 4.78 is 6.37. The Bertz CT molecular complexity index is 650. The molecule has 0 amide bonds. The predicted octanol–water partition coefficient (Wildman–Crippen LogP) is 4.90. The number of nitrogens with zero attached hydrogens (tertiary/aromatic N) is 1. The number of ether oxygens (including phenoxy) is 1. The van der Waals surface area contributed by atoms with Crippen LogP contribution in [0.15, 0.2) is 48.5 Å². The number of para-hydroxylation sites is 1. The molecule has 2 atom stereocenters. The van der Waals surface area contributed by atoms with E-state index in [4.69, 9.17) is 4.74 Å². The van der Waals surface area contributed by atoms with E-state index in [1.165, 1.54) is 16.7 Å². The van der Waals surface area contributed by atoms with Crippen LogP contribution in [-0.2, 0) is 0 Å². The van der Waals surface area contributed by atoms with Crippen molar-refractivity contribution < 1.29 is 4.74 Å². The second kappa shape index (κ2) is 6.13. The van der Waals surface area contributed by atoms with E-state index >= 15 is 0 Å². The number of benzene rings is 2. The highest BCUT2D eigenvalue weighted by atomic mass is 16.5. The molecule has 0 heterocycles. The molecule has 3 rings (SSSR count). The number of rotatable bonds is 4. The smallest absolute Gasteiger partial charge is 0.126 e. The van der Waals surface area contributed by atoms with Gasteiger partial charge in [0.05, 0.1) is 0 Å². The van der Waals surface area contributed by atoms with E-state index in [9.17, 15) is 0 Å². The summed E-state index contributed by atoms with van der Waals surface area (Å²) in [5.74, 6) is 0.996. The van der Waals surface area contributed by atoms with Gasteiger partial charge in [0, 0.05) is 18.5 Å². The monoisotopic (exact) mass is 295 g/mol. The Kier molecular flexibility index (Phi) is 4.21. The van der Waals surface area contributed by atoms with Crippen LogP contribution in [0.3, 0.4) is 0 Å². The van der Waals surface area contributed by atoms with Gasteiger partial charge in [-0.15, -0.1) is 0 Å². The second-order valence-corrected chi connectivity index (χ2v) is 6.51. The minimum absolute atomic E-state index is 0.142. The van der Waals surface area contributed by atoms with Crippen molar-refractivity contribution in [1.82, 2.24) is 4.90 Å². The van der Waals surface area contributed by atoms with Crippen LogP contribution in [0.1, 0.15) is 49.1 Å². The van der Waals surface area contributed by atoms with Gasteiger partial charge in [-0.3, -0.25) is 4.90 Å². The van der Waals surface area contributed by atoms with Gasteiger partial charge >= 0.3 is 0 Å². The number of fused-ring (bicyclic) bond motifs is 1. The lowest BCUT2D eigenvalue weighted by Gasteiger charge is -2.29. The first kappa shape index (κ1) is 15.1. The number of aryl methyl sites for hydroxylation is 1. The van der Waals surface area contributed by atoms with Crippen LogP contribution < -0.4 is 4.74 Å². The van der Waals surface area contributed by atoms with Gasteiger partial charge in [-0.05, 0) is 50.6 Å². The van der Waals surface area contributed by atoms with Crippen LogP contribution in [0.2, 0.25) is 0 Å². The fraction of sp³-hybridized carbons (Fsp3) is 0.400.